The van der Waals surface area contributed by atoms with Crippen LogP contribution >= 0.6 is 0 Å². The Bertz CT molecular complexity index is 304. The molecule has 0 aromatic heterocycles. The van der Waals surface area contributed by atoms with Gasteiger partial charge in [-0.2, -0.15) is 0 Å². The van der Waals surface area contributed by atoms with Crippen molar-refractivity contribution in [1.29, 1.82) is 0 Å². The van der Waals surface area contributed by atoms with E-state index in [0.29, 0.717) is 19.1 Å². The van der Waals surface area contributed by atoms with Gasteiger partial charge in [-0.3, -0.25) is 4.79 Å². The number of aldehydes is 1. The molecule has 0 aromatic rings. The molecule has 1 atom stereocenters. The SMILES string of the molecule is O=CC#CC1CCCS1(=O)=O. The van der Waals surface area contributed by atoms with Gasteiger partial charge in [-0.25, -0.2) is 8.42 Å². The lowest BCUT2D eigenvalue weighted by Crippen LogP contribution is -2.13. The summed E-state index contributed by atoms with van der Waals surface area (Å²) >= 11 is 0. The Morgan fingerprint density at radius 3 is 2.64 bits per heavy atom. The minimum Gasteiger partial charge on any atom is -0.289 e. The Hall–Kier alpha value is -0.820. The lowest BCUT2D eigenvalue weighted by atomic mass is 10.2. The molecule has 4 heteroatoms. The zero-order valence-corrected chi connectivity index (χ0v) is 6.73. The molecular weight excluding hydrogens is 164 g/mol. The van der Waals surface area contributed by atoms with Gasteiger partial charge < -0.3 is 0 Å². The number of carbonyl (C=O) groups excluding carboxylic acids is 1. The monoisotopic (exact) mass is 172 g/mol. The van der Waals surface area contributed by atoms with Gasteiger partial charge in [-0.1, -0.05) is 5.92 Å². The molecule has 1 heterocycles. The van der Waals surface area contributed by atoms with Gasteiger partial charge in [0.1, 0.15) is 5.25 Å². The Labute approximate surface area is 65.7 Å². The number of rotatable bonds is 0. The summed E-state index contributed by atoms with van der Waals surface area (Å²) in [5.74, 6) is 4.77. The minimum atomic E-state index is -2.99. The molecule has 60 valence electrons. The van der Waals surface area contributed by atoms with Gasteiger partial charge in [-0.15, -0.1) is 0 Å². The normalized spacial score (nSPS) is 27.1. The molecule has 0 saturated carbocycles. The van der Waals surface area contributed by atoms with Gasteiger partial charge >= 0.3 is 0 Å². The molecule has 0 aliphatic carbocycles. The third-order valence-corrected chi connectivity index (χ3v) is 3.71. The molecule has 0 bridgehead atoms. The van der Waals surface area contributed by atoms with E-state index in [4.69, 9.17) is 0 Å². The zero-order chi connectivity index (χ0) is 8.32. The van der Waals surface area contributed by atoms with Crippen molar-refractivity contribution in [2.24, 2.45) is 0 Å². The highest BCUT2D eigenvalue weighted by Gasteiger charge is 2.29. The number of sulfone groups is 1. The van der Waals surface area contributed by atoms with Crippen LogP contribution in [0, 0.1) is 11.8 Å². The quantitative estimate of drug-likeness (QED) is 0.374. The van der Waals surface area contributed by atoms with Crippen LogP contribution < -0.4 is 0 Å². The molecule has 0 amide bonds. The van der Waals surface area contributed by atoms with Crippen LogP contribution in [-0.2, 0) is 14.6 Å². The summed E-state index contributed by atoms with van der Waals surface area (Å²) < 4.78 is 22.1. The van der Waals surface area contributed by atoms with Gasteiger partial charge in [0.2, 0.25) is 0 Å². The molecule has 1 unspecified atom stereocenters. The largest absolute Gasteiger partial charge is 0.289 e. The van der Waals surface area contributed by atoms with Gasteiger partial charge in [0.05, 0.1) is 5.75 Å². The maximum absolute atomic E-state index is 11.0. The fourth-order valence-corrected chi connectivity index (χ4v) is 2.71. The Morgan fingerprint density at radius 1 is 1.45 bits per heavy atom. The molecule has 1 saturated heterocycles. The lowest BCUT2D eigenvalue weighted by molar-refractivity contribution is -0.103. The Kier molecular flexibility index (Phi) is 2.30. The van der Waals surface area contributed by atoms with Crippen LogP contribution in [0.2, 0.25) is 0 Å². The molecule has 1 aliphatic rings. The van der Waals surface area contributed by atoms with Crippen molar-refractivity contribution in [1.82, 2.24) is 0 Å². The van der Waals surface area contributed by atoms with E-state index in [1.165, 1.54) is 0 Å². The molecule has 0 aromatic carbocycles. The molecular formula is C7H8O3S. The smallest absolute Gasteiger partial charge is 0.192 e. The summed E-state index contributed by atoms with van der Waals surface area (Å²) in [5, 5.41) is -0.590. The Morgan fingerprint density at radius 2 is 2.18 bits per heavy atom. The van der Waals surface area contributed by atoms with Crippen molar-refractivity contribution in [3.05, 3.63) is 0 Å². The highest BCUT2D eigenvalue weighted by Crippen LogP contribution is 2.18. The van der Waals surface area contributed by atoms with Crippen LogP contribution in [0.1, 0.15) is 12.8 Å². The molecule has 1 aliphatic heterocycles. The fraction of sp³-hybridized carbons (Fsp3) is 0.571. The van der Waals surface area contributed by atoms with Crippen molar-refractivity contribution in [2.45, 2.75) is 18.1 Å². The van der Waals surface area contributed by atoms with E-state index in [1.54, 1.807) is 0 Å². The highest BCUT2D eigenvalue weighted by atomic mass is 32.2. The summed E-state index contributed by atoms with van der Waals surface area (Å²) in [6.07, 6.45) is 1.66. The van der Waals surface area contributed by atoms with Crippen molar-refractivity contribution in [2.75, 3.05) is 5.75 Å². The molecule has 1 fully saturated rings. The molecule has 11 heavy (non-hydrogen) atoms. The average Bonchev–Trinajstić information content (AvgIpc) is 2.25. The van der Waals surface area contributed by atoms with Crippen LogP contribution in [-0.4, -0.2) is 25.7 Å². The Balaban J connectivity index is 2.82. The standard InChI is InChI=1S/C7H8O3S/c8-5-1-3-7-4-2-6-11(7,9)10/h5,7H,2,4,6H2. The second kappa shape index (κ2) is 3.05. The van der Waals surface area contributed by atoms with Gasteiger partial charge in [0.25, 0.3) is 0 Å². The van der Waals surface area contributed by atoms with Crippen LogP contribution in [0.4, 0.5) is 0 Å². The predicted molar refractivity (Wildman–Crippen MR) is 40.6 cm³/mol. The fourth-order valence-electron chi connectivity index (χ4n) is 1.08. The third-order valence-electron chi connectivity index (χ3n) is 1.63. The van der Waals surface area contributed by atoms with E-state index in [-0.39, 0.29) is 5.75 Å². The second-order valence-corrected chi connectivity index (χ2v) is 4.71. The van der Waals surface area contributed by atoms with E-state index < -0.39 is 15.1 Å². The van der Waals surface area contributed by atoms with Gasteiger partial charge in [-0.05, 0) is 18.8 Å². The van der Waals surface area contributed by atoms with Crippen molar-refractivity contribution < 1.29 is 13.2 Å². The van der Waals surface area contributed by atoms with E-state index in [9.17, 15) is 13.2 Å². The first-order valence-electron chi connectivity index (χ1n) is 3.33. The summed E-state index contributed by atoms with van der Waals surface area (Å²) in [4.78, 5) is 9.80. The van der Waals surface area contributed by atoms with E-state index in [1.807, 2.05) is 0 Å². The summed E-state index contributed by atoms with van der Waals surface area (Å²) in [6.45, 7) is 0. The number of hydrogen-bond donors (Lipinski definition) is 0. The van der Waals surface area contributed by atoms with Crippen molar-refractivity contribution in [3.63, 3.8) is 0 Å². The lowest BCUT2D eigenvalue weighted by Gasteiger charge is -1.96. The summed E-state index contributed by atoms with van der Waals surface area (Å²) in [6, 6.07) is 0. The van der Waals surface area contributed by atoms with E-state index >= 15 is 0 Å². The molecule has 0 spiro atoms. The van der Waals surface area contributed by atoms with Gasteiger partial charge in [0, 0.05) is 0 Å². The van der Waals surface area contributed by atoms with Gasteiger partial charge in [0.15, 0.2) is 16.1 Å². The summed E-state index contributed by atoms with van der Waals surface area (Å²) in [7, 11) is -2.99. The predicted octanol–water partition coefficient (Wildman–Crippen LogP) is -0.234. The van der Waals surface area contributed by atoms with E-state index in [0.717, 1.165) is 0 Å². The first-order chi connectivity index (χ1) is 5.17. The zero-order valence-electron chi connectivity index (χ0n) is 5.91. The number of carbonyl (C=O) groups is 1. The first kappa shape index (κ1) is 8.28. The van der Waals surface area contributed by atoms with E-state index in [2.05, 4.69) is 11.8 Å². The first-order valence-corrected chi connectivity index (χ1v) is 5.04. The van der Waals surface area contributed by atoms with Crippen LogP contribution in [0.15, 0.2) is 0 Å². The maximum atomic E-state index is 11.0. The topological polar surface area (TPSA) is 51.2 Å². The van der Waals surface area contributed by atoms with Crippen molar-refractivity contribution in [3.8, 4) is 11.8 Å². The second-order valence-electron chi connectivity index (χ2n) is 2.40. The third kappa shape index (κ3) is 1.81. The van der Waals surface area contributed by atoms with Crippen LogP contribution in [0.5, 0.6) is 0 Å². The molecule has 3 nitrogen and oxygen atoms in total. The summed E-state index contributed by atoms with van der Waals surface area (Å²) in [5.41, 5.74) is 0. The molecule has 0 radical (unpaired) electrons. The number of hydrogen-bond acceptors (Lipinski definition) is 3. The van der Waals surface area contributed by atoms with Crippen LogP contribution in [0.3, 0.4) is 0 Å². The molecule has 0 N–H and O–H groups in total. The molecule has 1 rings (SSSR count). The maximum Gasteiger partial charge on any atom is 0.192 e. The van der Waals surface area contributed by atoms with Crippen molar-refractivity contribution >= 4 is 16.1 Å². The van der Waals surface area contributed by atoms with Crippen LogP contribution in [0.25, 0.3) is 0 Å². The highest BCUT2D eigenvalue weighted by molar-refractivity contribution is 7.92. The average molecular weight is 172 g/mol. The minimum absolute atomic E-state index is 0.213.